The first-order chi connectivity index (χ1) is 12.6. The minimum atomic E-state index is -0.196. The highest BCUT2D eigenvalue weighted by molar-refractivity contribution is 6.30. The lowest BCUT2D eigenvalue weighted by Gasteiger charge is -2.29. The van der Waals surface area contributed by atoms with Gasteiger partial charge >= 0.3 is 0 Å². The van der Waals surface area contributed by atoms with E-state index in [0.717, 1.165) is 29.8 Å². The molecule has 0 bridgehead atoms. The van der Waals surface area contributed by atoms with Crippen LogP contribution in [-0.4, -0.2) is 35.8 Å². The Balaban J connectivity index is 1.46. The van der Waals surface area contributed by atoms with Crippen LogP contribution in [0.5, 0.6) is 0 Å². The van der Waals surface area contributed by atoms with Crippen LogP contribution in [0.2, 0.25) is 5.02 Å². The number of rotatable bonds is 5. The lowest BCUT2D eigenvalue weighted by atomic mass is 9.96. The summed E-state index contributed by atoms with van der Waals surface area (Å²) in [6, 6.07) is 8.02. The Morgan fingerprint density at radius 3 is 2.42 bits per heavy atom. The number of amides is 2. The molecule has 0 aromatic heterocycles. The van der Waals surface area contributed by atoms with Gasteiger partial charge in [-0.25, -0.2) is 0 Å². The van der Waals surface area contributed by atoms with Crippen molar-refractivity contribution >= 4 is 23.4 Å². The molecule has 26 heavy (non-hydrogen) atoms. The molecule has 5 heteroatoms. The average Bonchev–Trinajstić information content (AvgIpc) is 2.98. The molecule has 1 aromatic carbocycles. The number of carbonyl (C=O) groups is 2. The fourth-order valence-electron chi connectivity index (χ4n) is 4.13. The fourth-order valence-corrected chi connectivity index (χ4v) is 4.26. The molecule has 142 valence electrons. The molecule has 1 N–H and O–H groups in total. The van der Waals surface area contributed by atoms with Crippen molar-refractivity contribution in [3.63, 3.8) is 0 Å². The van der Waals surface area contributed by atoms with Gasteiger partial charge in [-0.3, -0.25) is 9.59 Å². The minimum Gasteiger partial charge on any atom is -0.355 e. The van der Waals surface area contributed by atoms with Gasteiger partial charge in [-0.05, 0) is 37.0 Å². The monoisotopic (exact) mass is 376 g/mol. The number of nitrogens with one attached hydrogen (secondary N) is 1. The Kier molecular flexibility index (Phi) is 6.95. The number of halogens is 1. The summed E-state index contributed by atoms with van der Waals surface area (Å²) in [7, 11) is 0. The summed E-state index contributed by atoms with van der Waals surface area (Å²) in [5.74, 6) is -0.0211. The summed E-state index contributed by atoms with van der Waals surface area (Å²) in [5.41, 5.74) is 1.15. The molecule has 1 aromatic rings. The van der Waals surface area contributed by atoms with Gasteiger partial charge in [0.1, 0.15) is 0 Å². The lowest BCUT2D eigenvalue weighted by Crippen LogP contribution is -2.39. The van der Waals surface area contributed by atoms with Gasteiger partial charge in [-0.1, -0.05) is 55.8 Å². The quantitative estimate of drug-likeness (QED) is 0.845. The van der Waals surface area contributed by atoms with E-state index in [1.54, 1.807) is 0 Å². The van der Waals surface area contributed by atoms with Crippen molar-refractivity contribution in [2.75, 3.05) is 13.1 Å². The Morgan fingerprint density at radius 2 is 1.73 bits per heavy atom. The standard InChI is InChI=1S/C21H29ClN2O2/c22-18-10-8-16(9-11-18)12-13-23-21(26)17-14-20(25)24(15-17)19-6-4-2-1-3-5-7-19/h8-11,17,19H,1-7,12-15H2,(H,23,26). The van der Waals surface area contributed by atoms with Crippen LogP contribution in [0, 0.1) is 5.92 Å². The molecule has 2 aliphatic rings. The third-order valence-electron chi connectivity index (χ3n) is 5.67. The van der Waals surface area contributed by atoms with Crippen LogP contribution in [0.3, 0.4) is 0 Å². The van der Waals surface area contributed by atoms with Gasteiger partial charge < -0.3 is 10.2 Å². The van der Waals surface area contributed by atoms with E-state index in [1.807, 2.05) is 29.2 Å². The van der Waals surface area contributed by atoms with E-state index in [1.165, 1.54) is 32.1 Å². The Labute approximate surface area is 161 Å². The molecule has 2 fully saturated rings. The van der Waals surface area contributed by atoms with Crippen molar-refractivity contribution in [3.05, 3.63) is 34.9 Å². The van der Waals surface area contributed by atoms with Gasteiger partial charge in [0, 0.05) is 30.6 Å². The van der Waals surface area contributed by atoms with Crippen LogP contribution in [-0.2, 0) is 16.0 Å². The smallest absolute Gasteiger partial charge is 0.225 e. The molecule has 1 aliphatic carbocycles. The summed E-state index contributed by atoms with van der Waals surface area (Å²) in [5, 5.41) is 3.72. The van der Waals surface area contributed by atoms with E-state index in [0.29, 0.717) is 25.6 Å². The zero-order valence-electron chi connectivity index (χ0n) is 15.4. The summed E-state index contributed by atoms with van der Waals surface area (Å²) in [6.45, 7) is 1.19. The van der Waals surface area contributed by atoms with Crippen molar-refractivity contribution in [3.8, 4) is 0 Å². The highest BCUT2D eigenvalue weighted by Gasteiger charge is 2.37. The minimum absolute atomic E-state index is 0.0145. The summed E-state index contributed by atoms with van der Waals surface area (Å²) < 4.78 is 0. The number of likely N-dealkylation sites (tertiary alicyclic amines) is 1. The maximum absolute atomic E-state index is 12.5. The van der Waals surface area contributed by atoms with Gasteiger partial charge in [0.25, 0.3) is 0 Å². The zero-order valence-corrected chi connectivity index (χ0v) is 16.1. The highest BCUT2D eigenvalue weighted by Crippen LogP contribution is 2.27. The predicted molar refractivity (Wildman–Crippen MR) is 104 cm³/mol. The van der Waals surface area contributed by atoms with Crippen molar-refractivity contribution in [2.24, 2.45) is 5.92 Å². The normalized spacial score (nSPS) is 22.1. The maximum Gasteiger partial charge on any atom is 0.225 e. The van der Waals surface area contributed by atoms with Crippen LogP contribution in [0.4, 0.5) is 0 Å². The molecule has 0 radical (unpaired) electrons. The summed E-state index contributed by atoms with van der Waals surface area (Å²) in [4.78, 5) is 26.9. The van der Waals surface area contributed by atoms with Crippen LogP contribution in [0.1, 0.15) is 56.9 Å². The first kappa shape index (κ1) is 19.2. The summed E-state index contributed by atoms with van der Waals surface area (Å²) in [6.07, 6.45) is 9.59. The van der Waals surface area contributed by atoms with Gasteiger partial charge in [-0.15, -0.1) is 0 Å². The first-order valence-corrected chi connectivity index (χ1v) is 10.3. The Hall–Kier alpha value is -1.55. The van der Waals surface area contributed by atoms with E-state index in [2.05, 4.69) is 5.32 Å². The number of nitrogens with zero attached hydrogens (tertiary/aromatic N) is 1. The first-order valence-electron chi connectivity index (χ1n) is 9.95. The molecule has 4 nitrogen and oxygen atoms in total. The molecule has 1 saturated heterocycles. The third kappa shape index (κ3) is 5.23. The Bertz CT molecular complexity index is 609. The van der Waals surface area contributed by atoms with Crippen LogP contribution in [0.25, 0.3) is 0 Å². The van der Waals surface area contributed by atoms with Crippen molar-refractivity contribution in [2.45, 2.75) is 63.8 Å². The highest BCUT2D eigenvalue weighted by atomic mass is 35.5. The van der Waals surface area contributed by atoms with Crippen LogP contribution in [0.15, 0.2) is 24.3 Å². The average molecular weight is 377 g/mol. The second kappa shape index (κ2) is 9.40. The molecule has 1 heterocycles. The topological polar surface area (TPSA) is 49.4 Å². The number of hydrogen-bond donors (Lipinski definition) is 1. The number of benzene rings is 1. The molecule has 2 amide bonds. The molecule has 1 unspecified atom stereocenters. The molecule has 1 saturated carbocycles. The zero-order chi connectivity index (χ0) is 18.4. The van der Waals surface area contributed by atoms with Gasteiger partial charge in [-0.2, -0.15) is 0 Å². The van der Waals surface area contributed by atoms with Gasteiger partial charge in [0.05, 0.1) is 5.92 Å². The van der Waals surface area contributed by atoms with Crippen molar-refractivity contribution in [1.82, 2.24) is 10.2 Å². The number of hydrogen-bond acceptors (Lipinski definition) is 2. The Morgan fingerprint density at radius 1 is 1.08 bits per heavy atom. The summed E-state index contributed by atoms with van der Waals surface area (Å²) >= 11 is 5.89. The van der Waals surface area contributed by atoms with Crippen molar-refractivity contribution in [1.29, 1.82) is 0 Å². The van der Waals surface area contributed by atoms with E-state index in [9.17, 15) is 9.59 Å². The van der Waals surface area contributed by atoms with E-state index in [-0.39, 0.29) is 17.7 Å². The fraction of sp³-hybridized carbons (Fsp3) is 0.619. The van der Waals surface area contributed by atoms with Crippen molar-refractivity contribution < 1.29 is 9.59 Å². The number of carbonyl (C=O) groups excluding carboxylic acids is 2. The SMILES string of the molecule is O=C(NCCc1ccc(Cl)cc1)C1CC(=O)N(C2CCCCCCC2)C1. The second-order valence-corrected chi connectivity index (χ2v) is 8.05. The molecular formula is C21H29ClN2O2. The molecule has 0 spiro atoms. The third-order valence-corrected chi connectivity index (χ3v) is 5.92. The molecular weight excluding hydrogens is 348 g/mol. The molecule has 1 atom stereocenters. The maximum atomic E-state index is 12.5. The van der Waals surface area contributed by atoms with Crippen LogP contribution < -0.4 is 5.32 Å². The van der Waals surface area contributed by atoms with E-state index >= 15 is 0 Å². The van der Waals surface area contributed by atoms with Gasteiger partial charge in [0.15, 0.2) is 0 Å². The largest absolute Gasteiger partial charge is 0.355 e. The molecule has 1 aliphatic heterocycles. The van der Waals surface area contributed by atoms with Gasteiger partial charge in [0.2, 0.25) is 11.8 Å². The predicted octanol–water partition coefficient (Wildman–Crippen LogP) is 3.96. The lowest BCUT2D eigenvalue weighted by molar-refractivity contribution is -0.130. The molecule has 3 rings (SSSR count). The van der Waals surface area contributed by atoms with E-state index in [4.69, 9.17) is 11.6 Å². The van der Waals surface area contributed by atoms with Crippen LogP contribution >= 0.6 is 11.6 Å². The second-order valence-electron chi connectivity index (χ2n) is 7.61. The van der Waals surface area contributed by atoms with E-state index < -0.39 is 0 Å².